The summed E-state index contributed by atoms with van der Waals surface area (Å²) in [5, 5.41) is 18.1. The Bertz CT molecular complexity index is 532. The summed E-state index contributed by atoms with van der Waals surface area (Å²) in [5.41, 5.74) is 1.24. The van der Waals surface area contributed by atoms with Crippen LogP contribution in [0.3, 0.4) is 0 Å². The zero-order valence-electron chi connectivity index (χ0n) is 13.0. The summed E-state index contributed by atoms with van der Waals surface area (Å²) >= 11 is 0. The minimum Gasteiger partial charge on any atom is -0.478 e. The number of carboxylic acids is 2. The second kappa shape index (κ2) is 9.77. The van der Waals surface area contributed by atoms with Gasteiger partial charge < -0.3 is 10.2 Å². The van der Waals surface area contributed by atoms with E-state index in [4.69, 9.17) is 5.11 Å². The van der Waals surface area contributed by atoms with Gasteiger partial charge in [-0.2, -0.15) is 0 Å². The molecule has 0 saturated carbocycles. The maximum atomic E-state index is 11.3. The number of carbonyl (C=O) groups is 2. The van der Waals surface area contributed by atoms with Crippen LogP contribution in [0.2, 0.25) is 0 Å². The predicted molar refractivity (Wildman–Crippen MR) is 86.8 cm³/mol. The van der Waals surface area contributed by atoms with Crippen LogP contribution in [0.5, 0.6) is 0 Å². The fourth-order valence-corrected chi connectivity index (χ4v) is 2.48. The maximum Gasteiger partial charge on any atom is 0.336 e. The molecule has 0 spiro atoms. The fraction of sp³-hybridized carbons (Fsp3) is 0.444. The molecule has 2 N–H and O–H groups in total. The summed E-state index contributed by atoms with van der Waals surface area (Å²) in [4.78, 5) is 22.1. The molecule has 4 nitrogen and oxygen atoms in total. The predicted octanol–water partition coefficient (Wildman–Crippen LogP) is 4.14. The third kappa shape index (κ3) is 6.12. The van der Waals surface area contributed by atoms with E-state index >= 15 is 0 Å². The number of hydrogen-bond acceptors (Lipinski definition) is 2. The van der Waals surface area contributed by atoms with Crippen molar-refractivity contribution in [2.24, 2.45) is 0 Å². The largest absolute Gasteiger partial charge is 0.478 e. The molecule has 0 amide bonds. The van der Waals surface area contributed by atoms with E-state index in [0.717, 1.165) is 30.9 Å². The summed E-state index contributed by atoms with van der Waals surface area (Å²) in [6.07, 6.45) is 8.52. The highest BCUT2D eigenvalue weighted by Gasteiger charge is 2.15. The molecule has 0 aliphatic carbocycles. The quantitative estimate of drug-likeness (QED) is 0.503. The average molecular weight is 304 g/mol. The summed E-state index contributed by atoms with van der Waals surface area (Å²) in [7, 11) is 0. The van der Waals surface area contributed by atoms with Crippen LogP contribution in [-0.2, 0) is 16.0 Å². The summed E-state index contributed by atoms with van der Waals surface area (Å²) in [5.74, 6) is -2.45. The first-order chi connectivity index (χ1) is 10.6. The van der Waals surface area contributed by atoms with Gasteiger partial charge >= 0.3 is 11.9 Å². The van der Waals surface area contributed by atoms with Gasteiger partial charge in [0.2, 0.25) is 0 Å². The van der Waals surface area contributed by atoms with Gasteiger partial charge in [0.25, 0.3) is 0 Å². The number of carboxylic acid groups (broad SMARTS) is 2. The molecule has 1 aromatic carbocycles. The molecule has 0 aliphatic heterocycles. The van der Waals surface area contributed by atoms with Gasteiger partial charge in [-0.25, -0.2) is 9.59 Å². The molecule has 0 saturated heterocycles. The van der Waals surface area contributed by atoms with Crippen molar-refractivity contribution in [1.82, 2.24) is 0 Å². The van der Waals surface area contributed by atoms with Gasteiger partial charge in [0.05, 0.1) is 5.57 Å². The standard InChI is InChI=1S/C18H24O4/c1-2-3-4-5-6-7-10-14-11-8-9-12-15(14)16(18(21)22)13-17(19)20/h8-9,11-13H,2-7,10H2,1H3,(H,19,20)(H,21,22)/b16-13-. The van der Waals surface area contributed by atoms with Crippen LogP contribution >= 0.6 is 0 Å². The number of aliphatic carboxylic acids is 2. The highest BCUT2D eigenvalue weighted by Crippen LogP contribution is 2.22. The molecule has 22 heavy (non-hydrogen) atoms. The minimum absolute atomic E-state index is 0.158. The van der Waals surface area contributed by atoms with Gasteiger partial charge in [-0.1, -0.05) is 63.3 Å². The fourth-order valence-electron chi connectivity index (χ4n) is 2.48. The van der Waals surface area contributed by atoms with Gasteiger partial charge in [0, 0.05) is 6.08 Å². The molecule has 0 fully saturated rings. The zero-order chi connectivity index (χ0) is 16.4. The van der Waals surface area contributed by atoms with Gasteiger partial charge in [0.15, 0.2) is 0 Å². The van der Waals surface area contributed by atoms with Crippen molar-refractivity contribution in [3.8, 4) is 0 Å². The van der Waals surface area contributed by atoms with Crippen LogP contribution in [-0.4, -0.2) is 22.2 Å². The molecule has 1 rings (SSSR count). The lowest BCUT2D eigenvalue weighted by Gasteiger charge is -2.10. The molecule has 1 aromatic rings. The lowest BCUT2D eigenvalue weighted by Crippen LogP contribution is -2.06. The topological polar surface area (TPSA) is 74.6 Å². The number of aryl methyl sites for hydroxylation is 1. The molecule has 4 heteroatoms. The molecule has 0 radical (unpaired) electrons. The second-order valence-corrected chi connectivity index (χ2v) is 5.38. The van der Waals surface area contributed by atoms with Crippen molar-refractivity contribution in [1.29, 1.82) is 0 Å². The normalized spacial score (nSPS) is 11.4. The van der Waals surface area contributed by atoms with Crippen LogP contribution in [0.4, 0.5) is 0 Å². The monoisotopic (exact) mass is 304 g/mol. The van der Waals surface area contributed by atoms with Gasteiger partial charge in [0.1, 0.15) is 0 Å². The summed E-state index contributed by atoms with van der Waals surface area (Å²) in [6, 6.07) is 7.14. The molecule has 0 aliphatic rings. The van der Waals surface area contributed by atoms with E-state index in [9.17, 15) is 14.7 Å². The van der Waals surface area contributed by atoms with Crippen LogP contribution in [0.25, 0.3) is 5.57 Å². The van der Waals surface area contributed by atoms with E-state index < -0.39 is 11.9 Å². The average Bonchev–Trinajstić information content (AvgIpc) is 2.48. The Morgan fingerprint density at radius 3 is 2.27 bits per heavy atom. The Morgan fingerprint density at radius 2 is 1.64 bits per heavy atom. The first-order valence-corrected chi connectivity index (χ1v) is 7.82. The molecule has 0 heterocycles. The molecule has 0 bridgehead atoms. The van der Waals surface area contributed by atoms with E-state index in [0.29, 0.717) is 5.56 Å². The molecule has 0 unspecified atom stereocenters. The van der Waals surface area contributed by atoms with E-state index in [1.54, 1.807) is 12.1 Å². The number of rotatable bonds is 10. The Labute approximate surface area is 131 Å². The van der Waals surface area contributed by atoms with E-state index in [2.05, 4.69) is 6.92 Å². The van der Waals surface area contributed by atoms with Crippen molar-refractivity contribution in [2.45, 2.75) is 51.9 Å². The Hall–Kier alpha value is -2.10. The van der Waals surface area contributed by atoms with Crippen LogP contribution < -0.4 is 0 Å². The lowest BCUT2D eigenvalue weighted by molar-refractivity contribution is -0.133. The van der Waals surface area contributed by atoms with Gasteiger partial charge in [-0.3, -0.25) is 0 Å². The van der Waals surface area contributed by atoms with Crippen LogP contribution in [0.1, 0.15) is 56.6 Å². The van der Waals surface area contributed by atoms with Crippen molar-refractivity contribution in [3.05, 3.63) is 41.5 Å². The number of benzene rings is 1. The van der Waals surface area contributed by atoms with E-state index in [-0.39, 0.29) is 5.57 Å². The number of hydrogen-bond donors (Lipinski definition) is 2. The molecular formula is C18H24O4. The third-order valence-electron chi connectivity index (χ3n) is 3.61. The van der Waals surface area contributed by atoms with E-state index in [1.165, 1.54) is 25.7 Å². The highest BCUT2D eigenvalue weighted by atomic mass is 16.4. The minimum atomic E-state index is -1.24. The Morgan fingerprint density at radius 1 is 1.00 bits per heavy atom. The Kier molecular flexibility index (Phi) is 7.97. The van der Waals surface area contributed by atoms with Crippen LogP contribution in [0, 0.1) is 0 Å². The summed E-state index contributed by atoms with van der Waals surface area (Å²) in [6.45, 7) is 2.18. The van der Waals surface area contributed by atoms with Crippen molar-refractivity contribution in [3.63, 3.8) is 0 Å². The second-order valence-electron chi connectivity index (χ2n) is 5.38. The summed E-state index contributed by atoms with van der Waals surface area (Å²) < 4.78 is 0. The van der Waals surface area contributed by atoms with Crippen molar-refractivity contribution < 1.29 is 19.8 Å². The molecule has 0 aromatic heterocycles. The molecular weight excluding hydrogens is 280 g/mol. The van der Waals surface area contributed by atoms with Crippen molar-refractivity contribution in [2.75, 3.05) is 0 Å². The molecule has 120 valence electrons. The number of unbranched alkanes of at least 4 members (excludes halogenated alkanes) is 5. The first kappa shape index (κ1) is 18.0. The molecule has 0 atom stereocenters. The van der Waals surface area contributed by atoms with Gasteiger partial charge in [-0.05, 0) is 24.0 Å². The van der Waals surface area contributed by atoms with Crippen molar-refractivity contribution >= 4 is 17.5 Å². The lowest BCUT2D eigenvalue weighted by atomic mass is 9.95. The maximum absolute atomic E-state index is 11.3. The highest BCUT2D eigenvalue weighted by molar-refractivity contribution is 6.19. The Balaban J connectivity index is 2.76. The smallest absolute Gasteiger partial charge is 0.336 e. The van der Waals surface area contributed by atoms with Gasteiger partial charge in [-0.15, -0.1) is 0 Å². The third-order valence-corrected chi connectivity index (χ3v) is 3.61. The van der Waals surface area contributed by atoms with Crippen LogP contribution in [0.15, 0.2) is 30.3 Å². The SMILES string of the molecule is CCCCCCCCc1ccccc1/C(=C/C(=O)O)C(=O)O. The first-order valence-electron chi connectivity index (χ1n) is 7.82. The zero-order valence-corrected chi connectivity index (χ0v) is 13.0. The van der Waals surface area contributed by atoms with E-state index in [1.807, 2.05) is 12.1 Å².